The number of thiophene rings is 2. The third kappa shape index (κ3) is 1.71. The van der Waals surface area contributed by atoms with Gasteiger partial charge in [0, 0.05) is 6.42 Å². The number of ether oxygens (including phenoxy) is 1. The lowest BCUT2D eigenvalue weighted by molar-refractivity contribution is -0.145. The van der Waals surface area contributed by atoms with Crippen molar-refractivity contribution in [3.8, 4) is 0 Å². The van der Waals surface area contributed by atoms with Gasteiger partial charge in [0.15, 0.2) is 0 Å². The molecule has 0 aliphatic carbocycles. The average molecular weight is 278 g/mol. The maximum atomic E-state index is 12.6. The molecule has 18 heavy (non-hydrogen) atoms. The topological polar surface area (TPSA) is 43.4 Å². The highest BCUT2D eigenvalue weighted by Gasteiger charge is 2.49. The summed E-state index contributed by atoms with van der Waals surface area (Å²) < 4.78 is 5.41. The first kappa shape index (κ1) is 11.6. The Morgan fingerprint density at radius 3 is 2.56 bits per heavy atom. The fourth-order valence-electron chi connectivity index (χ4n) is 2.13. The van der Waals surface area contributed by atoms with E-state index in [1.54, 1.807) is 6.07 Å². The number of cyclic esters (lactones) is 1. The summed E-state index contributed by atoms with van der Waals surface area (Å²) in [5, 5.41) is 3.75. The van der Waals surface area contributed by atoms with Gasteiger partial charge in [-0.05, 0) is 22.9 Å². The van der Waals surface area contributed by atoms with Crippen LogP contribution in [0.15, 0.2) is 35.0 Å². The molecule has 3 heterocycles. The van der Waals surface area contributed by atoms with Gasteiger partial charge in [-0.1, -0.05) is 12.1 Å². The summed E-state index contributed by atoms with van der Waals surface area (Å²) in [5.74, 6) is -0.404. The molecule has 0 aromatic carbocycles. The molecule has 3 rings (SSSR count). The monoisotopic (exact) mass is 278 g/mol. The van der Waals surface area contributed by atoms with E-state index in [9.17, 15) is 9.59 Å². The molecular weight excluding hydrogens is 268 g/mol. The molecule has 0 bridgehead atoms. The minimum Gasteiger partial charge on any atom is -0.445 e. The van der Waals surface area contributed by atoms with E-state index in [1.165, 1.54) is 22.7 Å². The number of Topliss-reactive ketones (excluding diaryl/α,β-unsaturated/α-hetero) is 1. The summed E-state index contributed by atoms with van der Waals surface area (Å²) in [7, 11) is 0. The number of ketones is 1. The maximum Gasteiger partial charge on any atom is 0.307 e. The van der Waals surface area contributed by atoms with Crippen LogP contribution in [0, 0.1) is 0 Å². The molecule has 2 aromatic rings. The van der Waals surface area contributed by atoms with Crippen LogP contribution in [-0.2, 0) is 15.1 Å². The quantitative estimate of drug-likeness (QED) is 0.639. The summed E-state index contributed by atoms with van der Waals surface area (Å²) in [4.78, 5) is 25.5. The highest BCUT2D eigenvalue weighted by atomic mass is 32.1. The highest BCUT2D eigenvalue weighted by molar-refractivity contribution is 7.12. The van der Waals surface area contributed by atoms with Gasteiger partial charge in [0.1, 0.15) is 0 Å². The maximum absolute atomic E-state index is 12.6. The Labute approximate surface area is 112 Å². The van der Waals surface area contributed by atoms with Crippen molar-refractivity contribution in [3.05, 3.63) is 44.8 Å². The number of hydrogen-bond acceptors (Lipinski definition) is 5. The van der Waals surface area contributed by atoms with Crippen molar-refractivity contribution < 1.29 is 14.3 Å². The van der Waals surface area contributed by atoms with Crippen molar-refractivity contribution in [2.24, 2.45) is 0 Å². The van der Waals surface area contributed by atoms with Crippen molar-refractivity contribution >= 4 is 34.4 Å². The van der Waals surface area contributed by atoms with E-state index in [0.29, 0.717) is 17.7 Å². The fourth-order valence-corrected chi connectivity index (χ4v) is 3.76. The van der Waals surface area contributed by atoms with E-state index in [-0.39, 0.29) is 11.8 Å². The van der Waals surface area contributed by atoms with Gasteiger partial charge >= 0.3 is 5.97 Å². The molecule has 0 radical (unpaired) electrons. The molecule has 0 saturated carbocycles. The summed E-state index contributed by atoms with van der Waals surface area (Å²) in [6.07, 6.45) is 0.734. The Kier molecular flexibility index (Phi) is 2.80. The van der Waals surface area contributed by atoms with Crippen molar-refractivity contribution in [1.29, 1.82) is 0 Å². The Morgan fingerprint density at radius 1 is 1.22 bits per heavy atom. The third-order valence-electron chi connectivity index (χ3n) is 3.00. The van der Waals surface area contributed by atoms with Gasteiger partial charge in [-0.2, -0.15) is 0 Å². The molecule has 1 saturated heterocycles. The highest BCUT2D eigenvalue weighted by Crippen LogP contribution is 2.42. The second kappa shape index (κ2) is 4.33. The SMILES string of the molecule is O=C1CCC(C(=O)c2cccs2)(c2cccs2)O1. The molecule has 1 unspecified atom stereocenters. The molecule has 0 amide bonds. The minimum absolute atomic E-state index is 0.106. The van der Waals surface area contributed by atoms with Gasteiger partial charge < -0.3 is 4.74 Å². The number of carbonyl (C=O) groups excluding carboxylic acids is 2. The zero-order valence-electron chi connectivity index (χ0n) is 9.42. The Hall–Kier alpha value is -1.46. The second-order valence-electron chi connectivity index (χ2n) is 4.08. The molecule has 3 nitrogen and oxygen atoms in total. The van der Waals surface area contributed by atoms with Crippen LogP contribution in [0.25, 0.3) is 0 Å². The van der Waals surface area contributed by atoms with Crippen LogP contribution >= 0.6 is 22.7 Å². The van der Waals surface area contributed by atoms with Gasteiger partial charge in [-0.15, -0.1) is 22.7 Å². The van der Waals surface area contributed by atoms with Crippen molar-refractivity contribution in [1.82, 2.24) is 0 Å². The summed E-state index contributed by atoms with van der Waals surface area (Å²) >= 11 is 2.83. The van der Waals surface area contributed by atoms with E-state index in [2.05, 4.69) is 0 Å². The summed E-state index contributed by atoms with van der Waals surface area (Å²) in [6, 6.07) is 7.33. The first-order valence-electron chi connectivity index (χ1n) is 5.56. The van der Waals surface area contributed by atoms with E-state index >= 15 is 0 Å². The standard InChI is InChI=1S/C13H10O3S2/c14-11-5-6-13(16-11,10-4-2-8-18-10)12(15)9-3-1-7-17-9/h1-4,7-8H,5-6H2. The summed E-state index contributed by atoms with van der Waals surface area (Å²) in [5.41, 5.74) is -1.09. The lowest BCUT2D eigenvalue weighted by atomic mass is 9.92. The molecule has 1 aliphatic rings. The summed E-state index contributed by atoms with van der Waals surface area (Å²) in [6.45, 7) is 0. The molecule has 5 heteroatoms. The third-order valence-corrected chi connectivity index (χ3v) is 4.88. The van der Waals surface area contributed by atoms with E-state index in [4.69, 9.17) is 4.74 Å². The normalized spacial score (nSPS) is 23.0. The van der Waals surface area contributed by atoms with Gasteiger partial charge in [0.25, 0.3) is 0 Å². The molecule has 92 valence electrons. The number of carbonyl (C=O) groups is 2. The van der Waals surface area contributed by atoms with Crippen molar-refractivity contribution in [2.75, 3.05) is 0 Å². The largest absolute Gasteiger partial charge is 0.445 e. The molecule has 1 fully saturated rings. The van der Waals surface area contributed by atoms with Gasteiger partial charge in [0.2, 0.25) is 11.4 Å². The van der Waals surface area contributed by atoms with Crippen LogP contribution in [0.1, 0.15) is 27.4 Å². The Bertz CT molecular complexity index is 571. The van der Waals surface area contributed by atoms with Gasteiger partial charge in [-0.25, -0.2) is 0 Å². The number of rotatable bonds is 3. The molecule has 0 N–H and O–H groups in total. The molecule has 1 aliphatic heterocycles. The first-order valence-corrected chi connectivity index (χ1v) is 7.32. The van der Waals surface area contributed by atoms with Crippen LogP contribution < -0.4 is 0 Å². The second-order valence-corrected chi connectivity index (χ2v) is 5.98. The molecule has 0 spiro atoms. The van der Waals surface area contributed by atoms with E-state index < -0.39 is 5.60 Å². The van der Waals surface area contributed by atoms with Crippen molar-refractivity contribution in [3.63, 3.8) is 0 Å². The van der Waals surface area contributed by atoms with Crippen LogP contribution in [0.5, 0.6) is 0 Å². The first-order chi connectivity index (χ1) is 8.72. The Balaban J connectivity index is 2.07. The van der Waals surface area contributed by atoms with Crippen LogP contribution in [0.3, 0.4) is 0 Å². The van der Waals surface area contributed by atoms with Crippen LogP contribution in [0.2, 0.25) is 0 Å². The Morgan fingerprint density at radius 2 is 2.00 bits per heavy atom. The van der Waals surface area contributed by atoms with Crippen molar-refractivity contribution in [2.45, 2.75) is 18.4 Å². The van der Waals surface area contributed by atoms with E-state index in [1.807, 2.05) is 29.0 Å². The predicted molar refractivity (Wildman–Crippen MR) is 70.0 cm³/mol. The molecule has 2 aromatic heterocycles. The smallest absolute Gasteiger partial charge is 0.307 e. The zero-order chi connectivity index (χ0) is 12.6. The number of esters is 1. The van der Waals surface area contributed by atoms with Crippen LogP contribution in [0.4, 0.5) is 0 Å². The fraction of sp³-hybridized carbons (Fsp3) is 0.231. The molecular formula is C13H10O3S2. The average Bonchev–Trinajstić information content (AvgIpc) is 3.10. The lowest BCUT2D eigenvalue weighted by Gasteiger charge is -2.24. The minimum atomic E-state index is -1.09. The molecule has 1 atom stereocenters. The zero-order valence-corrected chi connectivity index (χ0v) is 11.1. The van der Waals surface area contributed by atoms with Crippen LogP contribution in [-0.4, -0.2) is 11.8 Å². The van der Waals surface area contributed by atoms with Gasteiger partial charge in [-0.3, -0.25) is 9.59 Å². The number of hydrogen-bond donors (Lipinski definition) is 0. The van der Waals surface area contributed by atoms with Gasteiger partial charge in [0.05, 0.1) is 16.2 Å². The lowest BCUT2D eigenvalue weighted by Crippen LogP contribution is -2.34. The predicted octanol–water partition coefficient (Wildman–Crippen LogP) is 3.22. The van der Waals surface area contributed by atoms with E-state index in [0.717, 1.165) is 4.88 Å².